The summed E-state index contributed by atoms with van der Waals surface area (Å²) in [5, 5.41) is 28.3. The molecule has 46 heavy (non-hydrogen) atoms. The molecule has 4 amide bonds. The molecule has 0 saturated carbocycles. The van der Waals surface area contributed by atoms with Gasteiger partial charge in [0.1, 0.15) is 24.2 Å². The zero-order valence-corrected chi connectivity index (χ0v) is 26.8. The van der Waals surface area contributed by atoms with E-state index in [4.69, 9.17) is 33.8 Å². The molecule has 0 fully saturated rings. The minimum absolute atomic E-state index is 0.0887. The van der Waals surface area contributed by atoms with Gasteiger partial charge in [0.2, 0.25) is 23.6 Å². The second-order valence-electron chi connectivity index (χ2n) is 11.4. The van der Waals surface area contributed by atoms with Crippen LogP contribution in [0, 0.1) is 11.8 Å². The van der Waals surface area contributed by atoms with Gasteiger partial charge in [-0.3, -0.25) is 34.0 Å². The van der Waals surface area contributed by atoms with Crippen LogP contribution in [-0.4, -0.2) is 101 Å². The molecule has 0 radical (unpaired) electrons. The average molecular weight is 658 g/mol. The first-order valence-corrected chi connectivity index (χ1v) is 14.9. The van der Waals surface area contributed by atoms with Crippen LogP contribution in [0.3, 0.4) is 0 Å². The van der Waals surface area contributed by atoms with E-state index in [1.54, 1.807) is 27.7 Å². The van der Waals surface area contributed by atoms with Crippen molar-refractivity contribution in [3.63, 3.8) is 0 Å². The van der Waals surface area contributed by atoms with Crippen molar-refractivity contribution in [2.75, 3.05) is 13.1 Å². The Labute approximate surface area is 267 Å². The molecule has 16 N–H and O–H groups in total. The van der Waals surface area contributed by atoms with Crippen LogP contribution in [0.25, 0.3) is 0 Å². The van der Waals surface area contributed by atoms with Gasteiger partial charge in [-0.15, -0.1) is 0 Å². The second kappa shape index (κ2) is 21.1. The molecule has 0 aliphatic carbocycles. The smallest absolute Gasteiger partial charge is 0.326 e. The first kappa shape index (κ1) is 41.3. The highest BCUT2D eigenvalue weighted by atomic mass is 16.4. The molecule has 0 unspecified atom stereocenters. The highest BCUT2D eigenvalue weighted by molar-refractivity contribution is 5.95. The molecule has 0 aliphatic heterocycles. The molecule has 0 aliphatic rings. The monoisotopic (exact) mass is 657 g/mol. The molecule has 0 aromatic heterocycles. The molecular formula is C27H51N11O8. The van der Waals surface area contributed by atoms with E-state index in [0.717, 1.165) is 0 Å². The van der Waals surface area contributed by atoms with Crippen LogP contribution < -0.4 is 49.9 Å². The van der Waals surface area contributed by atoms with Crippen molar-refractivity contribution in [3.8, 4) is 0 Å². The highest BCUT2D eigenvalue weighted by Crippen LogP contribution is 2.10. The molecule has 0 aromatic rings. The van der Waals surface area contributed by atoms with Crippen LogP contribution in [-0.2, 0) is 28.8 Å². The van der Waals surface area contributed by atoms with Crippen molar-refractivity contribution >= 4 is 47.5 Å². The Kier molecular flexibility index (Phi) is 19.0. The fourth-order valence-corrected chi connectivity index (χ4v) is 4.06. The van der Waals surface area contributed by atoms with E-state index in [1.807, 2.05) is 0 Å². The summed E-state index contributed by atoms with van der Waals surface area (Å²) in [5.74, 6) is -6.82. The number of carbonyl (C=O) groups excluding carboxylic acids is 4. The van der Waals surface area contributed by atoms with Crippen molar-refractivity contribution in [2.24, 2.45) is 50.5 Å². The number of hydrogen-bond donors (Lipinski definition) is 11. The van der Waals surface area contributed by atoms with Crippen molar-refractivity contribution in [1.82, 2.24) is 21.3 Å². The standard InChI is InChI=1S/C27H51N11O8/c1-13(2)19(23(43)36-17(25(45)46)9-10-18(39)40)38-24(44)20(14(3)4)37-22(42)16(8-6-12-34-27(31)32)35-21(41)15(28)7-5-11-33-26(29)30/h13-17,19-20H,5-12,28H2,1-4H3,(H,35,41)(H,36,43)(H,37,42)(H,38,44)(H,39,40)(H,45,46)(H4,29,30,33)(H4,31,32,34)/t15-,16-,17-,19-,20-/m0/s1. The number of aliphatic imine (C=N–C) groups is 2. The molecule has 5 atom stereocenters. The SMILES string of the molecule is CC(C)[C@H](NC(=O)[C@H](CCCN=C(N)N)NC(=O)[C@@H](N)CCCN=C(N)N)C(=O)N[C@H](C(=O)N[C@@H](CCC(=O)O)C(=O)O)C(C)C. The van der Waals surface area contributed by atoms with Gasteiger partial charge in [-0.05, 0) is 43.9 Å². The van der Waals surface area contributed by atoms with Gasteiger partial charge in [-0.25, -0.2) is 4.79 Å². The third-order valence-electron chi connectivity index (χ3n) is 6.64. The molecule has 19 heteroatoms. The van der Waals surface area contributed by atoms with Crippen molar-refractivity contribution in [1.29, 1.82) is 0 Å². The lowest BCUT2D eigenvalue weighted by molar-refractivity contribution is -0.143. The number of guanidine groups is 2. The van der Waals surface area contributed by atoms with Crippen LogP contribution in [0.4, 0.5) is 0 Å². The lowest BCUT2D eigenvalue weighted by atomic mass is 9.98. The lowest BCUT2D eigenvalue weighted by Crippen LogP contribution is -2.60. The van der Waals surface area contributed by atoms with Gasteiger partial charge < -0.3 is 60.1 Å². The van der Waals surface area contributed by atoms with Crippen molar-refractivity contribution in [3.05, 3.63) is 0 Å². The number of nitrogens with zero attached hydrogens (tertiary/aromatic N) is 2. The fraction of sp³-hybridized carbons (Fsp3) is 0.704. The first-order chi connectivity index (χ1) is 21.4. The molecular weight excluding hydrogens is 606 g/mol. The van der Waals surface area contributed by atoms with Crippen LogP contribution in [0.15, 0.2) is 9.98 Å². The Morgan fingerprint density at radius 3 is 1.48 bits per heavy atom. The van der Waals surface area contributed by atoms with Gasteiger partial charge >= 0.3 is 11.9 Å². The zero-order chi connectivity index (χ0) is 35.6. The summed E-state index contributed by atoms with van der Waals surface area (Å²) >= 11 is 0. The van der Waals surface area contributed by atoms with E-state index < -0.39 is 84.0 Å². The third kappa shape index (κ3) is 17.0. The first-order valence-electron chi connectivity index (χ1n) is 14.9. The Hall–Kier alpha value is -4.68. The number of carbonyl (C=O) groups is 6. The zero-order valence-electron chi connectivity index (χ0n) is 26.8. The van der Waals surface area contributed by atoms with Gasteiger partial charge in [-0.1, -0.05) is 27.7 Å². The summed E-state index contributed by atoms with van der Waals surface area (Å²) in [4.78, 5) is 82.8. The van der Waals surface area contributed by atoms with E-state index in [-0.39, 0.29) is 50.7 Å². The molecule has 0 spiro atoms. The summed E-state index contributed by atoms with van der Waals surface area (Å²) in [5.41, 5.74) is 27.3. The number of amides is 4. The summed E-state index contributed by atoms with van der Waals surface area (Å²) in [7, 11) is 0. The summed E-state index contributed by atoms with van der Waals surface area (Å²) in [6, 6.07) is -6.00. The van der Waals surface area contributed by atoms with Crippen molar-refractivity contribution < 1.29 is 39.0 Å². The Balaban J connectivity index is 5.78. The normalized spacial score (nSPS) is 14.2. The van der Waals surface area contributed by atoms with E-state index in [0.29, 0.717) is 6.42 Å². The highest BCUT2D eigenvalue weighted by Gasteiger charge is 2.34. The summed E-state index contributed by atoms with van der Waals surface area (Å²) in [6.45, 7) is 6.95. The molecule has 0 saturated heterocycles. The molecule has 0 heterocycles. The second-order valence-corrected chi connectivity index (χ2v) is 11.4. The number of aliphatic carboxylic acids is 2. The van der Waals surface area contributed by atoms with E-state index in [2.05, 4.69) is 31.3 Å². The maximum absolute atomic E-state index is 13.4. The summed E-state index contributed by atoms with van der Waals surface area (Å²) < 4.78 is 0. The predicted molar refractivity (Wildman–Crippen MR) is 170 cm³/mol. The van der Waals surface area contributed by atoms with Gasteiger partial charge in [-0.2, -0.15) is 0 Å². The number of nitrogens with two attached hydrogens (primary N) is 5. The molecule has 0 bridgehead atoms. The van der Waals surface area contributed by atoms with Crippen LogP contribution in [0.2, 0.25) is 0 Å². The number of carboxylic acid groups (broad SMARTS) is 2. The largest absolute Gasteiger partial charge is 0.481 e. The predicted octanol–water partition coefficient (Wildman–Crippen LogP) is -3.38. The van der Waals surface area contributed by atoms with Crippen molar-refractivity contribution in [2.45, 2.75) is 96.4 Å². The van der Waals surface area contributed by atoms with Crippen LogP contribution in [0.1, 0.15) is 66.2 Å². The van der Waals surface area contributed by atoms with Gasteiger partial charge in [0.25, 0.3) is 0 Å². The number of carboxylic acids is 2. The molecule has 0 rings (SSSR count). The fourth-order valence-electron chi connectivity index (χ4n) is 4.06. The number of hydrogen-bond acceptors (Lipinski definition) is 9. The Bertz CT molecular complexity index is 1110. The average Bonchev–Trinajstić information content (AvgIpc) is 2.94. The van der Waals surface area contributed by atoms with E-state index in [1.165, 1.54) is 0 Å². The molecule has 262 valence electrons. The van der Waals surface area contributed by atoms with E-state index in [9.17, 15) is 33.9 Å². The Morgan fingerprint density at radius 2 is 1.04 bits per heavy atom. The maximum atomic E-state index is 13.4. The quantitative estimate of drug-likeness (QED) is 0.0308. The Morgan fingerprint density at radius 1 is 0.609 bits per heavy atom. The number of rotatable bonds is 22. The van der Waals surface area contributed by atoms with Crippen LogP contribution in [0.5, 0.6) is 0 Å². The third-order valence-corrected chi connectivity index (χ3v) is 6.64. The topological polar surface area (TPSA) is 346 Å². The van der Waals surface area contributed by atoms with E-state index >= 15 is 0 Å². The summed E-state index contributed by atoms with van der Waals surface area (Å²) in [6.07, 6.45) is 0.142. The number of nitrogens with one attached hydrogen (secondary N) is 4. The van der Waals surface area contributed by atoms with Crippen LogP contribution >= 0.6 is 0 Å². The van der Waals surface area contributed by atoms with Gasteiger partial charge in [0, 0.05) is 19.5 Å². The molecule has 19 nitrogen and oxygen atoms in total. The minimum Gasteiger partial charge on any atom is -0.481 e. The van der Waals surface area contributed by atoms with Gasteiger partial charge in [0.15, 0.2) is 11.9 Å². The lowest BCUT2D eigenvalue weighted by Gasteiger charge is -2.29. The molecule has 0 aromatic carbocycles. The minimum atomic E-state index is -1.50. The maximum Gasteiger partial charge on any atom is 0.326 e. The van der Waals surface area contributed by atoms with Gasteiger partial charge in [0.05, 0.1) is 6.04 Å².